The molecule has 0 radical (unpaired) electrons. The van der Waals surface area contributed by atoms with Crippen molar-refractivity contribution in [2.75, 3.05) is 12.3 Å². The predicted octanol–water partition coefficient (Wildman–Crippen LogP) is 1.73. The van der Waals surface area contributed by atoms with Crippen molar-refractivity contribution >= 4 is 28.6 Å². The average Bonchev–Trinajstić information content (AvgIpc) is 2.95. The molecule has 2 aromatic heterocycles. The van der Waals surface area contributed by atoms with Crippen molar-refractivity contribution in [1.29, 1.82) is 0 Å². The summed E-state index contributed by atoms with van der Waals surface area (Å²) < 4.78 is 14.9. The first-order chi connectivity index (χ1) is 11.5. The van der Waals surface area contributed by atoms with Gasteiger partial charge in [0.15, 0.2) is 0 Å². The summed E-state index contributed by atoms with van der Waals surface area (Å²) in [5, 5.41) is 15.3. The molecule has 1 aromatic carbocycles. The summed E-state index contributed by atoms with van der Waals surface area (Å²) in [6.07, 6.45) is 0. The molecule has 7 nitrogen and oxygen atoms in total. The third kappa shape index (κ3) is 3.51. The van der Waals surface area contributed by atoms with E-state index in [4.69, 9.17) is 0 Å². The van der Waals surface area contributed by atoms with E-state index in [1.54, 1.807) is 30.8 Å². The van der Waals surface area contributed by atoms with E-state index in [2.05, 4.69) is 25.8 Å². The number of hydrogen-bond acceptors (Lipinski definition) is 6. The molecule has 0 unspecified atom stereocenters. The third-order valence-electron chi connectivity index (χ3n) is 3.34. The summed E-state index contributed by atoms with van der Waals surface area (Å²) in [4.78, 5) is 16.7. The lowest BCUT2D eigenvalue weighted by atomic mass is 10.1. The van der Waals surface area contributed by atoms with Crippen LogP contribution in [0.5, 0.6) is 0 Å². The first-order valence-corrected chi connectivity index (χ1v) is 8.23. The highest BCUT2D eigenvalue weighted by molar-refractivity contribution is 7.99. The Morgan fingerprint density at radius 3 is 2.96 bits per heavy atom. The van der Waals surface area contributed by atoms with Gasteiger partial charge in [0, 0.05) is 36.5 Å². The number of tetrazole rings is 1. The van der Waals surface area contributed by atoms with E-state index in [9.17, 15) is 9.18 Å². The number of carbonyl (C=O) groups excluding carboxylic acids is 1. The van der Waals surface area contributed by atoms with E-state index in [1.165, 1.54) is 23.9 Å². The van der Waals surface area contributed by atoms with Gasteiger partial charge in [-0.2, -0.15) is 0 Å². The normalized spacial score (nSPS) is 11.0. The van der Waals surface area contributed by atoms with Crippen LogP contribution in [0.3, 0.4) is 0 Å². The zero-order valence-corrected chi connectivity index (χ0v) is 14.0. The summed E-state index contributed by atoms with van der Waals surface area (Å²) in [5.41, 5.74) is 1.63. The Kier molecular flexibility index (Phi) is 4.70. The lowest BCUT2D eigenvalue weighted by Gasteiger charge is -2.09. The van der Waals surface area contributed by atoms with Crippen LogP contribution in [0.1, 0.15) is 16.1 Å². The first kappa shape index (κ1) is 16.3. The van der Waals surface area contributed by atoms with Crippen molar-refractivity contribution in [3.05, 3.63) is 41.3 Å². The summed E-state index contributed by atoms with van der Waals surface area (Å²) in [6, 6.07) is 5.93. The van der Waals surface area contributed by atoms with Gasteiger partial charge in [-0.05, 0) is 35.5 Å². The summed E-state index contributed by atoms with van der Waals surface area (Å²) >= 11 is 1.45. The predicted molar refractivity (Wildman–Crippen MR) is 88.3 cm³/mol. The number of benzene rings is 1. The van der Waals surface area contributed by atoms with E-state index in [1.807, 2.05) is 0 Å². The second kappa shape index (κ2) is 6.91. The molecule has 0 aliphatic heterocycles. The van der Waals surface area contributed by atoms with E-state index in [0.717, 1.165) is 0 Å². The van der Waals surface area contributed by atoms with Crippen molar-refractivity contribution in [2.24, 2.45) is 7.05 Å². The van der Waals surface area contributed by atoms with Gasteiger partial charge in [-0.15, -0.1) is 5.10 Å². The van der Waals surface area contributed by atoms with E-state index >= 15 is 0 Å². The zero-order chi connectivity index (χ0) is 17.1. The van der Waals surface area contributed by atoms with Crippen LogP contribution in [0, 0.1) is 12.7 Å². The Balaban J connectivity index is 1.69. The van der Waals surface area contributed by atoms with Gasteiger partial charge in [-0.1, -0.05) is 11.8 Å². The molecule has 3 rings (SSSR count). The molecule has 0 atom stereocenters. The highest BCUT2D eigenvalue weighted by Crippen LogP contribution is 2.19. The average molecular weight is 346 g/mol. The topological polar surface area (TPSA) is 85.6 Å². The number of pyridine rings is 1. The minimum Gasteiger partial charge on any atom is -0.351 e. The van der Waals surface area contributed by atoms with Crippen LogP contribution in [0.2, 0.25) is 0 Å². The van der Waals surface area contributed by atoms with Crippen molar-refractivity contribution in [1.82, 2.24) is 30.5 Å². The molecule has 2 heterocycles. The number of nitrogens with one attached hydrogen (secondary N) is 1. The maximum atomic E-state index is 13.4. The van der Waals surface area contributed by atoms with Crippen LogP contribution >= 0.6 is 11.8 Å². The molecule has 24 heavy (non-hydrogen) atoms. The number of amides is 1. The van der Waals surface area contributed by atoms with Crippen molar-refractivity contribution in [3.8, 4) is 0 Å². The minimum absolute atomic E-state index is 0.214. The Morgan fingerprint density at radius 2 is 2.21 bits per heavy atom. The van der Waals surface area contributed by atoms with Crippen LogP contribution in [0.4, 0.5) is 4.39 Å². The fraction of sp³-hybridized carbons (Fsp3) is 0.267. The molecule has 0 spiro atoms. The molecule has 9 heteroatoms. The van der Waals surface area contributed by atoms with Crippen LogP contribution in [0.25, 0.3) is 10.9 Å². The number of aromatic nitrogens is 5. The van der Waals surface area contributed by atoms with Gasteiger partial charge in [0.05, 0.1) is 11.1 Å². The third-order valence-corrected chi connectivity index (χ3v) is 4.36. The van der Waals surface area contributed by atoms with E-state index in [0.29, 0.717) is 39.6 Å². The largest absolute Gasteiger partial charge is 0.351 e. The van der Waals surface area contributed by atoms with E-state index < -0.39 is 0 Å². The van der Waals surface area contributed by atoms with Crippen molar-refractivity contribution < 1.29 is 9.18 Å². The van der Waals surface area contributed by atoms with E-state index in [-0.39, 0.29) is 11.7 Å². The van der Waals surface area contributed by atoms with Gasteiger partial charge in [-0.25, -0.2) is 9.07 Å². The van der Waals surface area contributed by atoms with Crippen LogP contribution < -0.4 is 5.32 Å². The lowest BCUT2D eigenvalue weighted by molar-refractivity contribution is 0.0957. The van der Waals surface area contributed by atoms with Crippen LogP contribution in [-0.2, 0) is 7.05 Å². The molecular formula is C15H15FN6OS. The van der Waals surface area contributed by atoms with Gasteiger partial charge in [0.1, 0.15) is 5.82 Å². The summed E-state index contributed by atoms with van der Waals surface area (Å²) in [5.74, 6) is 0.0470. The minimum atomic E-state index is -0.374. The number of carbonyl (C=O) groups is 1. The van der Waals surface area contributed by atoms with Gasteiger partial charge >= 0.3 is 0 Å². The number of thioether (sulfide) groups is 1. The molecule has 1 amide bonds. The van der Waals surface area contributed by atoms with Gasteiger partial charge < -0.3 is 5.32 Å². The number of aryl methyl sites for hydroxylation is 2. The number of hydrogen-bond donors (Lipinski definition) is 1. The molecule has 124 valence electrons. The molecular weight excluding hydrogens is 331 g/mol. The Morgan fingerprint density at radius 1 is 1.38 bits per heavy atom. The monoisotopic (exact) mass is 346 g/mol. The maximum Gasteiger partial charge on any atom is 0.252 e. The summed E-state index contributed by atoms with van der Waals surface area (Å²) in [6.45, 7) is 2.23. The number of rotatable bonds is 5. The highest BCUT2D eigenvalue weighted by Gasteiger charge is 2.12. The quantitative estimate of drug-likeness (QED) is 0.559. The molecule has 0 saturated heterocycles. The molecule has 0 aliphatic carbocycles. The lowest BCUT2D eigenvalue weighted by Crippen LogP contribution is -2.26. The summed E-state index contributed by atoms with van der Waals surface area (Å²) in [7, 11) is 1.76. The van der Waals surface area contributed by atoms with Gasteiger partial charge in [-0.3, -0.25) is 9.78 Å². The van der Waals surface area contributed by atoms with Crippen LogP contribution in [0.15, 0.2) is 29.4 Å². The van der Waals surface area contributed by atoms with Crippen molar-refractivity contribution in [3.63, 3.8) is 0 Å². The Hall–Kier alpha value is -2.55. The number of nitrogens with zero attached hydrogens (tertiary/aromatic N) is 5. The molecule has 1 N–H and O–H groups in total. The maximum absolute atomic E-state index is 13.4. The number of fused-ring (bicyclic) bond motifs is 1. The Labute approximate surface area is 141 Å². The molecule has 0 aliphatic rings. The number of halogens is 1. The standard InChI is InChI=1S/C15H15FN6OS/c1-9-7-12(11-4-3-10(16)8-13(11)18-9)14(23)17-5-6-24-15-19-20-21-22(15)2/h3-4,7-8H,5-6H2,1-2H3,(H,17,23). The molecule has 0 saturated carbocycles. The Bertz CT molecular complexity index is 892. The fourth-order valence-electron chi connectivity index (χ4n) is 2.27. The molecule has 3 aromatic rings. The zero-order valence-electron chi connectivity index (χ0n) is 13.2. The van der Waals surface area contributed by atoms with Gasteiger partial charge in [0.2, 0.25) is 5.16 Å². The second-order valence-electron chi connectivity index (χ2n) is 5.16. The smallest absolute Gasteiger partial charge is 0.252 e. The molecule has 0 bridgehead atoms. The van der Waals surface area contributed by atoms with Crippen molar-refractivity contribution in [2.45, 2.75) is 12.1 Å². The second-order valence-corrected chi connectivity index (χ2v) is 6.22. The first-order valence-electron chi connectivity index (χ1n) is 7.25. The van der Waals surface area contributed by atoms with Gasteiger partial charge in [0.25, 0.3) is 5.91 Å². The fourth-order valence-corrected chi connectivity index (χ4v) is 2.97. The van der Waals surface area contributed by atoms with Crippen LogP contribution in [-0.4, -0.2) is 43.4 Å². The highest BCUT2D eigenvalue weighted by atomic mass is 32.2. The molecule has 0 fully saturated rings. The SMILES string of the molecule is Cc1cc(C(=O)NCCSc2nnnn2C)c2ccc(F)cc2n1.